The van der Waals surface area contributed by atoms with Gasteiger partial charge in [-0.25, -0.2) is 4.39 Å². The molecule has 1 atom stereocenters. The number of aromatic nitrogens is 2. The number of nitrogens with two attached hydrogens (primary N) is 1. The molecule has 2 aromatic rings. The van der Waals surface area contributed by atoms with E-state index in [1.54, 1.807) is 18.5 Å². The molecule has 3 nitrogen and oxygen atoms in total. The van der Waals surface area contributed by atoms with E-state index < -0.39 is 5.54 Å². The Morgan fingerprint density at radius 1 is 1.32 bits per heavy atom. The Morgan fingerprint density at radius 3 is 2.68 bits per heavy atom. The molecular formula is C14H15ClFN3. The van der Waals surface area contributed by atoms with Gasteiger partial charge in [0.15, 0.2) is 0 Å². The number of rotatable bonds is 4. The van der Waals surface area contributed by atoms with Crippen molar-refractivity contribution in [3.63, 3.8) is 0 Å². The van der Waals surface area contributed by atoms with Gasteiger partial charge in [-0.2, -0.15) is 0 Å². The van der Waals surface area contributed by atoms with Crippen molar-refractivity contribution < 1.29 is 4.39 Å². The smallest absolute Gasteiger partial charge is 0.141 e. The third-order valence-corrected chi connectivity index (χ3v) is 3.57. The Labute approximate surface area is 116 Å². The molecular weight excluding hydrogens is 265 g/mol. The molecule has 2 aromatic heterocycles. The van der Waals surface area contributed by atoms with Crippen LogP contribution in [0, 0.1) is 5.82 Å². The van der Waals surface area contributed by atoms with Crippen LogP contribution in [0.25, 0.3) is 0 Å². The van der Waals surface area contributed by atoms with Crippen LogP contribution < -0.4 is 5.73 Å². The van der Waals surface area contributed by atoms with E-state index in [1.165, 1.54) is 12.3 Å². The lowest BCUT2D eigenvalue weighted by molar-refractivity contribution is 0.410. The number of hydrogen-bond donors (Lipinski definition) is 1. The normalized spacial score (nSPS) is 14.1. The second-order valence-corrected chi connectivity index (χ2v) is 4.92. The Hall–Kier alpha value is -1.52. The first kappa shape index (κ1) is 13.9. The largest absolute Gasteiger partial charge is 0.320 e. The maximum atomic E-state index is 12.9. The van der Waals surface area contributed by atoms with Gasteiger partial charge in [-0.3, -0.25) is 9.97 Å². The van der Waals surface area contributed by atoms with E-state index in [0.29, 0.717) is 23.6 Å². The summed E-state index contributed by atoms with van der Waals surface area (Å²) in [5.41, 5.74) is 7.30. The van der Waals surface area contributed by atoms with Crippen molar-refractivity contribution in [2.45, 2.75) is 25.3 Å². The standard InChI is InChI=1S/C14H15ClFN3/c1-2-14(17,13-4-3-11(16)8-19-13)7-10-5-6-18-9-12(10)15/h3-6,8-9H,2,7,17H2,1H3. The third-order valence-electron chi connectivity index (χ3n) is 3.23. The van der Waals surface area contributed by atoms with E-state index in [9.17, 15) is 4.39 Å². The van der Waals surface area contributed by atoms with Crippen molar-refractivity contribution in [1.29, 1.82) is 0 Å². The van der Waals surface area contributed by atoms with Crippen LogP contribution in [-0.4, -0.2) is 9.97 Å². The highest BCUT2D eigenvalue weighted by Gasteiger charge is 2.28. The van der Waals surface area contributed by atoms with E-state index in [0.717, 1.165) is 5.56 Å². The molecule has 0 aromatic carbocycles. The molecule has 0 aliphatic carbocycles. The van der Waals surface area contributed by atoms with E-state index in [2.05, 4.69) is 9.97 Å². The van der Waals surface area contributed by atoms with Gasteiger partial charge in [0, 0.05) is 12.4 Å². The Bertz CT molecular complexity index is 559. The molecule has 0 aliphatic rings. The minimum absolute atomic E-state index is 0.371. The Morgan fingerprint density at radius 2 is 2.11 bits per heavy atom. The minimum atomic E-state index is -0.668. The fraction of sp³-hybridized carbons (Fsp3) is 0.286. The zero-order valence-corrected chi connectivity index (χ0v) is 11.4. The van der Waals surface area contributed by atoms with Crippen molar-refractivity contribution in [1.82, 2.24) is 9.97 Å². The summed E-state index contributed by atoms with van der Waals surface area (Å²) in [5, 5.41) is 0.577. The predicted molar refractivity (Wildman–Crippen MR) is 73.3 cm³/mol. The maximum absolute atomic E-state index is 12.9. The lowest BCUT2D eigenvalue weighted by atomic mass is 9.86. The molecule has 2 N–H and O–H groups in total. The van der Waals surface area contributed by atoms with Gasteiger partial charge < -0.3 is 5.73 Å². The predicted octanol–water partition coefficient (Wildman–Crippen LogP) is 3.08. The van der Waals surface area contributed by atoms with E-state index in [1.807, 2.05) is 13.0 Å². The molecule has 0 spiro atoms. The fourth-order valence-corrected chi connectivity index (χ4v) is 2.14. The van der Waals surface area contributed by atoms with Crippen LogP contribution >= 0.6 is 11.6 Å². The molecule has 1 unspecified atom stereocenters. The van der Waals surface area contributed by atoms with Crippen LogP contribution in [0.15, 0.2) is 36.8 Å². The minimum Gasteiger partial charge on any atom is -0.320 e. The third kappa shape index (κ3) is 3.08. The Balaban J connectivity index is 2.33. The molecule has 0 aliphatic heterocycles. The molecule has 0 radical (unpaired) electrons. The second kappa shape index (κ2) is 5.63. The van der Waals surface area contributed by atoms with Crippen molar-refractivity contribution in [2.24, 2.45) is 5.73 Å². The van der Waals surface area contributed by atoms with Crippen LogP contribution in [-0.2, 0) is 12.0 Å². The highest BCUT2D eigenvalue weighted by atomic mass is 35.5. The average molecular weight is 280 g/mol. The molecule has 2 rings (SSSR count). The number of halogens is 2. The summed E-state index contributed by atoms with van der Waals surface area (Å²) in [6, 6.07) is 4.82. The van der Waals surface area contributed by atoms with Gasteiger partial charge in [0.2, 0.25) is 0 Å². The van der Waals surface area contributed by atoms with E-state index >= 15 is 0 Å². The molecule has 0 fully saturated rings. The van der Waals surface area contributed by atoms with Gasteiger partial charge >= 0.3 is 0 Å². The van der Waals surface area contributed by atoms with Crippen molar-refractivity contribution in [3.05, 3.63) is 58.9 Å². The summed E-state index contributed by atoms with van der Waals surface area (Å²) in [6.07, 6.45) is 5.65. The van der Waals surface area contributed by atoms with Crippen LogP contribution in [0.1, 0.15) is 24.6 Å². The molecule has 19 heavy (non-hydrogen) atoms. The number of nitrogens with zero attached hydrogens (tertiary/aromatic N) is 2. The molecule has 2 heterocycles. The molecule has 5 heteroatoms. The van der Waals surface area contributed by atoms with Crippen molar-refractivity contribution >= 4 is 11.6 Å². The lowest BCUT2D eigenvalue weighted by Crippen LogP contribution is -2.39. The quantitative estimate of drug-likeness (QED) is 0.936. The van der Waals surface area contributed by atoms with Crippen LogP contribution in [0.3, 0.4) is 0 Å². The topological polar surface area (TPSA) is 51.8 Å². The summed E-state index contributed by atoms with van der Waals surface area (Å²) in [7, 11) is 0. The number of pyridine rings is 2. The van der Waals surface area contributed by atoms with E-state index in [-0.39, 0.29) is 5.82 Å². The molecule has 100 valence electrons. The zero-order valence-electron chi connectivity index (χ0n) is 10.6. The summed E-state index contributed by atoms with van der Waals surface area (Å²) in [5.74, 6) is -0.371. The average Bonchev–Trinajstić information content (AvgIpc) is 2.42. The van der Waals surface area contributed by atoms with Gasteiger partial charge in [0.25, 0.3) is 0 Å². The van der Waals surface area contributed by atoms with Crippen LogP contribution in [0.4, 0.5) is 4.39 Å². The van der Waals surface area contributed by atoms with Crippen LogP contribution in [0.5, 0.6) is 0 Å². The van der Waals surface area contributed by atoms with Crippen molar-refractivity contribution in [2.75, 3.05) is 0 Å². The molecule has 0 saturated heterocycles. The van der Waals surface area contributed by atoms with Gasteiger partial charge in [0.1, 0.15) is 5.82 Å². The lowest BCUT2D eigenvalue weighted by Gasteiger charge is -2.28. The monoisotopic (exact) mass is 279 g/mol. The van der Waals surface area contributed by atoms with Gasteiger partial charge in [-0.15, -0.1) is 0 Å². The maximum Gasteiger partial charge on any atom is 0.141 e. The number of hydrogen-bond acceptors (Lipinski definition) is 3. The first-order valence-electron chi connectivity index (χ1n) is 6.04. The second-order valence-electron chi connectivity index (χ2n) is 4.52. The SMILES string of the molecule is CCC(N)(Cc1ccncc1Cl)c1ccc(F)cn1. The zero-order chi connectivity index (χ0) is 13.9. The van der Waals surface area contributed by atoms with Crippen LogP contribution in [0.2, 0.25) is 5.02 Å². The van der Waals surface area contributed by atoms with Gasteiger partial charge in [0.05, 0.1) is 22.5 Å². The summed E-state index contributed by atoms with van der Waals surface area (Å²) in [4.78, 5) is 8.04. The molecule has 0 amide bonds. The van der Waals surface area contributed by atoms with E-state index in [4.69, 9.17) is 17.3 Å². The van der Waals surface area contributed by atoms with Gasteiger partial charge in [-0.1, -0.05) is 18.5 Å². The van der Waals surface area contributed by atoms with Crippen molar-refractivity contribution in [3.8, 4) is 0 Å². The summed E-state index contributed by atoms with van der Waals surface area (Å²) in [6.45, 7) is 1.97. The first-order valence-corrected chi connectivity index (χ1v) is 6.42. The van der Waals surface area contributed by atoms with Gasteiger partial charge in [-0.05, 0) is 36.6 Å². The highest BCUT2D eigenvalue weighted by molar-refractivity contribution is 6.31. The summed E-state index contributed by atoms with van der Waals surface area (Å²) >= 11 is 6.10. The highest BCUT2D eigenvalue weighted by Crippen LogP contribution is 2.28. The molecule has 0 bridgehead atoms. The Kier molecular flexibility index (Phi) is 4.12. The summed E-state index contributed by atoms with van der Waals surface area (Å²) < 4.78 is 12.9. The first-order chi connectivity index (χ1) is 9.05. The fourth-order valence-electron chi connectivity index (χ4n) is 1.95. The molecule has 0 saturated carbocycles.